The fourth-order valence-electron chi connectivity index (χ4n) is 1.75. The Kier molecular flexibility index (Phi) is 6.94. The highest BCUT2D eigenvalue weighted by molar-refractivity contribution is 7.99. The summed E-state index contributed by atoms with van der Waals surface area (Å²) < 4.78 is 22.9. The molecule has 0 atom stereocenters. The van der Waals surface area contributed by atoms with Crippen LogP contribution in [-0.4, -0.2) is 26.6 Å². The Hall–Kier alpha value is -0.900. The van der Waals surface area contributed by atoms with Crippen LogP contribution in [0.15, 0.2) is 17.0 Å². The number of hydrogen-bond donors (Lipinski definition) is 0. The third kappa shape index (κ3) is 4.09. The van der Waals surface area contributed by atoms with E-state index < -0.39 is 0 Å². The minimum absolute atomic E-state index is 0.277. The Labute approximate surface area is 113 Å². The van der Waals surface area contributed by atoms with Crippen molar-refractivity contribution < 1.29 is 13.9 Å². The van der Waals surface area contributed by atoms with Crippen LogP contribution in [0.2, 0.25) is 0 Å². The van der Waals surface area contributed by atoms with Crippen molar-refractivity contribution in [2.45, 2.75) is 31.1 Å². The lowest BCUT2D eigenvalue weighted by molar-refractivity contribution is 0.390. The van der Waals surface area contributed by atoms with Crippen molar-refractivity contribution >= 4 is 11.8 Å². The van der Waals surface area contributed by atoms with E-state index in [1.807, 2.05) is 12.1 Å². The smallest absolute Gasteiger partial charge is 0.132 e. The van der Waals surface area contributed by atoms with Gasteiger partial charge in [-0.25, -0.2) is 0 Å². The SMILES string of the molecule is CCCc1cc(OC)c(SCCCF)cc1OC. The molecule has 0 N–H and O–H groups in total. The Bertz CT molecular complexity index is 369. The van der Waals surface area contributed by atoms with Gasteiger partial charge in [-0.2, -0.15) is 0 Å². The maximum absolute atomic E-state index is 12.1. The molecule has 0 aliphatic heterocycles. The molecule has 0 bridgehead atoms. The van der Waals surface area contributed by atoms with Gasteiger partial charge in [-0.3, -0.25) is 4.39 Å². The Morgan fingerprint density at radius 3 is 2.44 bits per heavy atom. The van der Waals surface area contributed by atoms with Gasteiger partial charge < -0.3 is 9.47 Å². The maximum atomic E-state index is 12.1. The molecule has 0 spiro atoms. The monoisotopic (exact) mass is 272 g/mol. The van der Waals surface area contributed by atoms with Gasteiger partial charge in [-0.1, -0.05) is 13.3 Å². The van der Waals surface area contributed by atoms with Crippen LogP contribution in [0, 0.1) is 0 Å². The first-order valence-corrected chi connectivity index (χ1v) is 7.19. The van der Waals surface area contributed by atoms with Crippen LogP contribution in [0.1, 0.15) is 25.3 Å². The normalized spacial score (nSPS) is 10.4. The average Bonchev–Trinajstić information content (AvgIpc) is 2.40. The second-order valence-corrected chi connectivity index (χ2v) is 5.09. The fraction of sp³-hybridized carbons (Fsp3) is 0.571. The van der Waals surface area contributed by atoms with Crippen LogP contribution >= 0.6 is 11.8 Å². The lowest BCUT2D eigenvalue weighted by Crippen LogP contribution is -1.96. The molecule has 0 aliphatic carbocycles. The molecule has 0 aromatic heterocycles. The zero-order valence-electron chi connectivity index (χ0n) is 11.3. The summed E-state index contributed by atoms with van der Waals surface area (Å²) in [5, 5.41) is 0. The first kappa shape index (κ1) is 15.2. The van der Waals surface area contributed by atoms with Crippen molar-refractivity contribution in [1.29, 1.82) is 0 Å². The van der Waals surface area contributed by atoms with E-state index in [0.29, 0.717) is 6.42 Å². The number of rotatable bonds is 8. The van der Waals surface area contributed by atoms with E-state index in [0.717, 1.165) is 40.6 Å². The Balaban J connectivity index is 2.94. The van der Waals surface area contributed by atoms with E-state index in [9.17, 15) is 4.39 Å². The Morgan fingerprint density at radius 2 is 1.89 bits per heavy atom. The third-order valence-corrected chi connectivity index (χ3v) is 3.74. The van der Waals surface area contributed by atoms with Crippen molar-refractivity contribution in [3.8, 4) is 11.5 Å². The van der Waals surface area contributed by atoms with Gasteiger partial charge in [-0.15, -0.1) is 11.8 Å². The minimum atomic E-state index is -0.277. The fourth-order valence-corrected chi connectivity index (χ4v) is 2.70. The molecule has 1 aromatic carbocycles. The van der Waals surface area contributed by atoms with Gasteiger partial charge in [0.15, 0.2) is 0 Å². The number of halogens is 1. The molecule has 0 saturated carbocycles. The summed E-state index contributed by atoms with van der Waals surface area (Å²) in [4.78, 5) is 1.02. The van der Waals surface area contributed by atoms with Crippen molar-refractivity contribution in [3.63, 3.8) is 0 Å². The first-order valence-electron chi connectivity index (χ1n) is 6.20. The van der Waals surface area contributed by atoms with E-state index in [1.165, 1.54) is 0 Å². The molecule has 18 heavy (non-hydrogen) atoms. The Morgan fingerprint density at radius 1 is 1.17 bits per heavy atom. The average molecular weight is 272 g/mol. The number of aryl methyl sites for hydroxylation is 1. The topological polar surface area (TPSA) is 18.5 Å². The molecular formula is C14H21FO2S. The maximum Gasteiger partial charge on any atom is 0.132 e. The van der Waals surface area contributed by atoms with Gasteiger partial charge in [0.05, 0.1) is 25.8 Å². The van der Waals surface area contributed by atoms with Crippen molar-refractivity contribution in [2.75, 3.05) is 26.6 Å². The highest BCUT2D eigenvalue weighted by atomic mass is 32.2. The lowest BCUT2D eigenvalue weighted by Gasteiger charge is -2.14. The summed E-state index contributed by atoms with van der Waals surface area (Å²) in [7, 11) is 3.34. The van der Waals surface area contributed by atoms with Gasteiger partial charge >= 0.3 is 0 Å². The molecule has 102 valence electrons. The second-order valence-electron chi connectivity index (χ2n) is 3.96. The van der Waals surface area contributed by atoms with E-state index >= 15 is 0 Å². The van der Waals surface area contributed by atoms with Gasteiger partial charge in [0, 0.05) is 5.75 Å². The van der Waals surface area contributed by atoms with Crippen LogP contribution in [0.5, 0.6) is 11.5 Å². The third-order valence-electron chi connectivity index (χ3n) is 2.62. The standard InChI is InChI=1S/C14H21FO2S/c1-4-6-11-9-13(17-3)14(10-12(11)16-2)18-8-5-7-15/h9-10H,4-8H2,1-3H3. The highest BCUT2D eigenvalue weighted by Crippen LogP contribution is 2.36. The molecule has 0 amide bonds. The number of benzene rings is 1. The summed E-state index contributed by atoms with van der Waals surface area (Å²) in [6.07, 6.45) is 2.59. The first-order chi connectivity index (χ1) is 8.76. The molecule has 1 aromatic rings. The molecule has 2 nitrogen and oxygen atoms in total. The molecule has 0 heterocycles. The number of alkyl halides is 1. The summed E-state index contributed by atoms with van der Waals surface area (Å²) in [5.74, 6) is 2.49. The zero-order chi connectivity index (χ0) is 13.4. The van der Waals surface area contributed by atoms with Crippen LogP contribution in [0.25, 0.3) is 0 Å². The number of ether oxygens (including phenoxy) is 2. The number of methoxy groups -OCH3 is 2. The minimum Gasteiger partial charge on any atom is -0.496 e. The number of thioether (sulfide) groups is 1. The van der Waals surface area contributed by atoms with Gasteiger partial charge in [-0.05, 0) is 30.5 Å². The quantitative estimate of drug-likeness (QED) is 0.524. The van der Waals surface area contributed by atoms with Crippen LogP contribution in [-0.2, 0) is 6.42 Å². The van der Waals surface area contributed by atoms with Crippen LogP contribution in [0.4, 0.5) is 4.39 Å². The molecule has 0 unspecified atom stereocenters. The predicted octanol–water partition coefficient (Wildman–Crippen LogP) is 4.11. The van der Waals surface area contributed by atoms with E-state index in [-0.39, 0.29) is 6.67 Å². The van der Waals surface area contributed by atoms with Gasteiger partial charge in [0.25, 0.3) is 0 Å². The number of hydrogen-bond acceptors (Lipinski definition) is 3. The van der Waals surface area contributed by atoms with Crippen molar-refractivity contribution in [3.05, 3.63) is 17.7 Å². The molecule has 0 fully saturated rings. The van der Waals surface area contributed by atoms with Gasteiger partial charge in [0.2, 0.25) is 0 Å². The zero-order valence-corrected chi connectivity index (χ0v) is 12.1. The predicted molar refractivity (Wildman–Crippen MR) is 74.9 cm³/mol. The second kappa shape index (κ2) is 8.25. The summed E-state index contributed by atoms with van der Waals surface area (Å²) in [6.45, 7) is 1.86. The summed E-state index contributed by atoms with van der Waals surface area (Å²) in [5.41, 5.74) is 1.16. The van der Waals surface area contributed by atoms with Gasteiger partial charge in [0.1, 0.15) is 11.5 Å². The molecule has 0 radical (unpaired) electrons. The molecular weight excluding hydrogens is 251 g/mol. The van der Waals surface area contributed by atoms with Crippen molar-refractivity contribution in [1.82, 2.24) is 0 Å². The molecule has 0 saturated heterocycles. The van der Waals surface area contributed by atoms with Crippen molar-refractivity contribution in [2.24, 2.45) is 0 Å². The molecule has 4 heteroatoms. The summed E-state index contributed by atoms with van der Waals surface area (Å²) in [6, 6.07) is 4.02. The summed E-state index contributed by atoms with van der Waals surface area (Å²) >= 11 is 1.61. The molecule has 1 rings (SSSR count). The largest absolute Gasteiger partial charge is 0.496 e. The molecule has 0 aliphatic rings. The van der Waals surface area contributed by atoms with E-state index in [4.69, 9.17) is 9.47 Å². The van der Waals surface area contributed by atoms with E-state index in [2.05, 4.69) is 6.92 Å². The van der Waals surface area contributed by atoms with Crippen LogP contribution < -0.4 is 9.47 Å². The lowest BCUT2D eigenvalue weighted by atomic mass is 10.1. The van der Waals surface area contributed by atoms with Crippen LogP contribution in [0.3, 0.4) is 0 Å². The highest BCUT2D eigenvalue weighted by Gasteiger charge is 2.11. The van der Waals surface area contributed by atoms with E-state index in [1.54, 1.807) is 26.0 Å².